The highest BCUT2D eigenvalue weighted by Crippen LogP contribution is 2.40. The Bertz CT molecular complexity index is 2170. The lowest BCUT2D eigenvalue weighted by atomic mass is 10.1. The minimum Gasteiger partial charge on any atom is -0.455 e. The van der Waals surface area contributed by atoms with Crippen molar-refractivity contribution < 1.29 is 4.42 Å². The first-order valence-electron chi connectivity index (χ1n) is 13.4. The summed E-state index contributed by atoms with van der Waals surface area (Å²) in [5.41, 5.74) is 8.06. The summed E-state index contributed by atoms with van der Waals surface area (Å²) in [6.45, 7) is 4.23. The quantitative estimate of drug-likeness (QED) is 0.235. The summed E-state index contributed by atoms with van der Waals surface area (Å²) in [6.07, 6.45) is 0. The fourth-order valence-electron chi connectivity index (χ4n) is 5.68. The zero-order valence-electron chi connectivity index (χ0n) is 22.1. The summed E-state index contributed by atoms with van der Waals surface area (Å²) < 4.78 is 8.68. The third-order valence-electron chi connectivity index (χ3n) is 7.56. The highest BCUT2D eigenvalue weighted by atomic mass is 16.3. The fourth-order valence-corrected chi connectivity index (χ4v) is 5.68. The normalized spacial score (nSPS) is 11.8. The maximum Gasteiger partial charge on any atom is 0.238 e. The van der Waals surface area contributed by atoms with Gasteiger partial charge in [0, 0.05) is 27.3 Å². The monoisotopic (exact) mass is 516 g/mol. The first kappa shape index (κ1) is 22.7. The van der Waals surface area contributed by atoms with E-state index in [1.165, 1.54) is 11.1 Å². The van der Waals surface area contributed by atoms with Crippen molar-refractivity contribution in [2.75, 3.05) is 0 Å². The molecule has 0 aliphatic heterocycles. The smallest absolute Gasteiger partial charge is 0.238 e. The molecule has 3 heterocycles. The summed E-state index contributed by atoms with van der Waals surface area (Å²) in [4.78, 5) is 15.0. The summed E-state index contributed by atoms with van der Waals surface area (Å²) in [7, 11) is 0. The predicted molar refractivity (Wildman–Crippen MR) is 162 cm³/mol. The van der Waals surface area contributed by atoms with Crippen LogP contribution in [0.25, 0.3) is 72.5 Å². The van der Waals surface area contributed by atoms with Crippen molar-refractivity contribution in [3.63, 3.8) is 0 Å². The first-order chi connectivity index (χ1) is 19.6. The van der Waals surface area contributed by atoms with Crippen molar-refractivity contribution in [3.8, 4) is 28.7 Å². The van der Waals surface area contributed by atoms with Gasteiger partial charge in [-0.05, 0) is 50.2 Å². The van der Waals surface area contributed by atoms with Crippen LogP contribution in [0.5, 0.6) is 0 Å². The SMILES string of the molecule is Cc1ccc2oc3c(ccc4c3c3cc(C)ccc3n4-c3nc(-c4ccccc4)nc(-c4ccccc4)n3)c2c1. The topological polar surface area (TPSA) is 56.7 Å². The summed E-state index contributed by atoms with van der Waals surface area (Å²) in [5, 5.41) is 4.41. The molecular formula is C35H24N4O. The molecule has 5 heteroatoms. The van der Waals surface area contributed by atoms with E-state index >= 15 is 0 Å². The molecule has 8 aromatic rings. The van der Waals surface area contributed by atoms with Gasteiger partial charge in [0.05, 0.1) is 16.4 Å². The van der Waals surface area contributed by atoms with Gasteiger partial charge >= 0.3 is 0 Å². The average molecular weight is 517 g/mol. The average Bonchev–Trinajstić information content (AvgIpc) is 3.52. The number of furan rings is 1. The number of benzene rings is 5. The number of fused-ring (bicyclic) bond motifs is 7. The highest BCUT2D eigenvalue weighted by molar-refractivity contribution is 6.23. The lowest BCUT2D eigenvalue weighted by molar-refractivity contribution is 0.673. The molecule has 0 bridgehead atoms. The van der Waals surface area contributed by atoms with E-state index < -0.39 is 0 Å². The maximum atomic E-state index is 6.54. The molecule has 0 aliphatic carbocycles. The van der Waals surface area contributed by atoms with E-state index in [0.717, 1.165) is 54.9 Å². The molecule has 0 N–H and O–H groups in total. The zero-order chi connectivity index (χ0) is 26.8. The number of aromatic nitrogens is 4. The van der Waals surface area contributed by atoms with Gasteiger partial charge in [-0.2, -0.15) is 9.97 Å². The molecule has 0 aliphatic rings. The van der Waals surface area contributed by atoms with Gasteiger partial charge < -0.3 is 4.42 Å². The van der Waals surface area contributed by atoms with Crippen molar-refractivity contribution in [2.45, 2.75) is 13.8 Å². The molecule has 8 rings (SSSR count). The number of aryl methyl sites for hydroxylation is 2. The van der Waals surface area contributed by atoms with Crippen molar-refractivity contribution in [3.05, 3.63) is 120 Å². The van der Waals surface area contributed by atoms with Crippen LogP contribution in [0.2, 0.25) is 0 Å². The van der Waals surface area contributed by atoms with Gasteiger partial charge in [0.2, 0.25) is 5.95 Å². The lowest BCUT2D eigenvalue weighted by Gasteiger charge is -2.11. The molecule has 0 saturated carbocycles. The molecule has 190 valence electrons. The van der Waals surface area contributed by atoms with Crippen LogP contribution in [-0.2, 0) is 0 Å². The van der Waals surface area contributed by atoms with E-state index in [2.05, 4.69) is 66.9 Å². The molecule has 0 fully saturated rings. The molecule has 3 aromatic heterocycles. The van der Waals surface area contributed by atoms with Crippen LogP contribution in [-0.4, -0.2) is 19.5 Å². The van der Waals surface area contributed by atoms with E-state index in [1.807, 2.05) is 60.7 Å². The van der Waals surface area contributed by atoms with Gasteiger partial charge in [-0.15, -0.1) is 0 Å². The Kier molecular flexibility index (Phi) is 4.88. The highest BCUT2D eigenvalue weighted by Gasteiger charge is 2.21. The van der Waals surface area contributed by atoms with Crippen LogP contribution < -0.4 is 0 Å². The molecule has 0 spiro atoms. The molecule has 0 radical (unpaired) electrons. The van der Waals surface area contributed by atoms with Crippen LogP contribution in [0, 0.1) is 13.8 Å². The number of rotatable bonds is 3. The Morgan fingerprint density at radius 3 is 1.82 bits per heavy atom. The van der Waals surface area contributed by atoms with E-state index in [9.17, 15) is 0 Å². The van der Waals surface area contributed by atoms with Gasteiger partial charge in [-0.3, -0.25) is 4.57 Å². The third-order valence-corrected chi connectivity index (χ3v) is 7.56. The molecule has 40 heavy (non-hydrogen) atoms. The largest absolute Gasteiger partial charge is 0.455 e. The van der Waals surface area contributed by atoms with E-state index in [1.54, 1.807) is 0 Å². The van der Waals surface area contributed by atoms with Crippen LogP contribution >= 0.6 is 0 Å². The van der Waals surface area contributed by atoms with Crippen LogP contribution in [0.3, 0.4) is 0 Å². The molecular weight excluding hydrogens is 492 g/mol. The Morgan fingerprint density at radius 2 is 1.15 bits per heavy atom. The second kappa shape index (κ2) is 8.61. The van der Waals surface area contributed by atoms with Gasteiger partial charge in [-0.25, -0.2) is 4.98 Å². The standard InChI is InChI=1S/C35H24N4O/c1-21-13-16-28-27(20-21)31-29(17-15-25-26-19-22(2)14-18-30(26)40-32(25)31)39(28)35-37-33(23-9-5-3-6-10-23)36-34(38-35)24-11-7-4-8-12-24/h3-20H,1-2H3. The van der Waals surface area contributed by atoms with Crippen molar-refractivity contribution in [1.29, 1.82) is 0 Å². The van der Waals surface area contributed by atoms with Crippen LogP contribution in [0.4, 0.5) is 0 Å². The van der Waals surface area contributed by atoms with E-state index in [4.69, 9.17) is 19.4 Å². The summed E-state index contributed by atoms with van der Waals surface area (Å²) >= 11 is 0. The fraction of sp³-hybridized carbons (Fsp3) is 0.0571. The second-order valence-electron chi connectivity index (χ2n) is 10.3. The Morgan fingerprint density at radius 1 is 0.550 bits per heavy atom. The van der Waals surface area contributed by atoms with Crippen LogP contribution in [0.15, 0.2) is 114 Å². The third kappa shape index (κ3) is 3.45. The number of nitrogens with zero attached hydrogens (tertiary/aromatic N) is 4. The summed E-state index contributed by atoms with van der Waals surface area (Å²) in [6, 6.07) is 37.3. The minimum atomic E-state index is 0.572. The van der Waals surface area contributed by atoms with Crippen molar-refractivity contribution >= 4 is 43.7 Å². The molecule has 0 unspecified atom stereocenters. The Balaban J connectivity index is 1.50. The Hall–Kier alpha value is -5.29. The van der Waals surface area contributed by atoms with Gasteiger partial charge in [0.1, 0.15) is 11.2 Å². The number of hydrogen-bond donors (Lipinski definition) is 0. The second-order valence-corrected chi connectivity index (χ2v) is 10.3. The van der Waals surface area contributed by atoms with Crippen molar-refractivity contribution in [2.24, 2.45) is 0 Å². The van der Waals surface area contributed by atoms with Crippen molar-refractivity contribution in [1.82, 2.24) is 19.5 Å². The van der Waals surface area contributed by atoms with Gasteiger partial charge in [0.15, 0.2) is 11.6 Å². The van der Waals surface area contributed by atoms with Gasteiger partial charge in [0.25, 0.3) is 0 Å². The lowest BCUT2D eigenvalue weighted by Crippen LogP contribution is -2.06. The van der Waals surface area contributed by atoms with Gasteiger partial charge in [-0.1, -0.05) is 83.9 Å². The minimum absolute atomic E-state index is 0.572. The first-order valence-corrected chi connectivity index (χ1v) is 13.4. The molecule has 5 aromatic carbocycles. The van der Waals surface area contributed by atoms with E-state index in [0.29, 0.717) is 17.6 Å². The molecule has 0 saturated heterocycles. The molecule has 0 atom stereocenters. The summed E-state index contributed by atoms with van der Waals surface area (Å²) in [5.74, 6) is 1.83. The zero-order valence-corrected chi connectivity index (χ0v) is 22.1. The maximum absolute atomic E-state index is 6.54. The Labute approximate surface area is 230 Å². The van der Waals surface area contributed by atoms with Crippen LogP contribution in [0.1, 0.15) is 11.1 Å². The predicted octanol–water partition coefficient (Wildman–Crippen LogP) is 8.82. The molecule has 0 amide bonds. The van der Waals surface area contributed by atoms with E-state index in [-0.39, 0.29) is 0 Å². The molecule has 5 nitrogen and oxygen atoms in total. The number of hydrogen-bond acceptors (Lipinski definition) is 4.